The molecule has 0 unspecified atom stereocenters. The van der Waals surface area contributed by atoms with Gasteiger partial charge in [-0.2, -0.15) is 5.10 Å². The van der Waals surface area contributed by atoms with Gasteiger partial charge >= 0.3 is 6.36 Å². The summed E-state index contributed by atoms with van der Waals surface area (Å²) >= 11 is 0. The number of benzene rings is 1. The topological polar surface area (TPSA) is 68.5 Å². The van der Waals surface area contributed by atoms with Crippen molar-refractivity contribution < 1.29 is 22.7 Å². The molecule has 2 aromatic heterocycles. The first-order chi connectivity index (χ1) is 11.7. The predicted molar refractivity (Wildman–Crippen MR) is 83.5 cm³/mol. The van der Waals surface area contributed by atoms with Crippen LogP contribution in [0.3, 0.4) is 0 Å². The van der Waals surface area contributed by atoms with Gasteiger partial charge < -0.3 is 10.1 Å². The summed E-state index contributed by atoms with van der Waals surface area (Å²) in [5.74, 6) is -0.861. The van der Waals surface area contributed by atoms with Crippen LogP contribution in [-0.2, 0) is 0 Å². The lowest BCUT2D eigenvalue weighted by Gasteiger charge is -2.09. The zero-order valence-corrected chi connectivity index (χ0v) is 13.3. The molecule has 25 heavy (non-hydrogen) atoms. The monoisotopic (exact) mass is 350 g/mol. The Morgan fingerprint density at radius 1 is 1.16 bits per heavy atom. The standard InChI is InChI=1S/C16H13F3N4O2/c1-9-7-10(2)23-14(20-9)8-13(22-23)15(24)21-11-3-5-12(6-4-11)25-16(17,18)19/h3-8H,1-2H3,(H,21,24). The summed E-state index contributed by atoms with van der Waals surface area (Å²) in [6.45, 7) is 3.68. The zero-order valence-electron chi connectivity index (χ0n) is 13.3. The molecule has 0 saturated carbocycles. The van der Waals surface area contributed by atoms with Crippen LogP contribution in [0.1, 0.15) is 21.9 Å². The third-order valence-corrected chi connectivity index (χ3v) is 3.31. The molecule has 0 fully saturated rings. The number of carbonyl (C=O) groups is 1. The Morgan fingerprint density at radius 3 is 2.48 bits per heavy atom. The van der Waals surface area contributed by atoms with Gasteiger partial charge in [0.1, 0.15) is 5.75 Å². The van der Waals surface area contributed by atoms with E-state index in [1.807, 2.05) is 19.9 Å². The van der Waals surface area contributed by atoms with Gasteiger partial charge in [0.15, 0.2) is 11.3 Å². The maximum atomic E-state index is 12.3. The normalized spacial score (nSPS) is 11.6. The smallest absolute Gasteiger partial charge is 0.406 e. The maximum absolute atomic E-state index is 12.3. The van der Waals surface area contributed by atoms with E-state index in [1.54, 1.807) is 4.52 Å². The minimum absolute atomic E-state index is 0.150. The van der Waals surface area contributed by atoms with E-state index in [0.717, 1.165) is 23.5 Å². The van der Waals surface area contributed by atoms with Gasteiger partial charge in [-0.25, -0.2) is 9.50 Å². The predicted octanol–water partition coefficient (Wildman–Crippen LogP) is 3.50. The summed E-state index contributed by atoms with van der Waals surface area (Å²) in [6.07, 6.45) is -4.76. The van der Waals surface area contributed by atoms with Gasteiger partial charge in [0.2, 0.25) is 0 Å². The lowest BCUT2D eigenvalue weighted by molar-refractivity contribution is -0.274. The van der Waals surface area contributed by atoms with Crippen LogP contribution in [0.25, 0.3) is 5.65 Å². The summed E-state index contributed by atoms with van der Waals surface area (Å²) in [6, 6.07) is 8.21. The number of anilines is 1. The Balaban J connectivity index is 1.77. The number of aromatic nitrogens is 3. The van der Waals surface area contributed by atoms with Gasteiger partial charge in [-0.05, 0) is 44.2 Å². The highest BCUT2D eigenvalue weighted by molar-refractivity contribution is 6.03. The summed E-state index contributed by atoms with van der Waals surface area (Å²) in [5, 5.41) is 6.75. The number of fused-ring (bicyclic) bond motifs is 1. The van der Waals surface area contributed by atoms with Gasteiger partial charge in [-0.3, -0.25) is 4.79 Å². The van der Waals surface area contributed by atoms with Crippen LogP contribution < -0.4 is 10.1 Å². The van der Waals surface area contributed by atoms with Gasteiger partial charge in [-0.15, -0.1) is 13.2 Å². The minimum atomic E-state index is -4.76. The molecule has 130 valence electrons. The number of alkyl halides is 3. The average Bonchev–Trinajstić information content (AvgIpc) is 2.92. The van der Waals surface area contributed by atoms with Crippen molar-refractivity contribution in [1.29, 1.82) is 0 Å². The number of rotatable bonds is 3. The number of hydrogen-bond donors (Lipinski definition) is 1. The molecule has 0 radical (unpaired) electrons. The Hall–Kier alpha value is -3.10. The third-order valence-electron chi connectivity index (χ3n) is 3.31. The molecular formula is C16H13F3N4O2. The maximum Gasteiger partial charge on any atom is 0.573 e. The van der Waals surface area contributed by atoms with Crippen molar-refractivity contribution in [2.75, 3.05) is 5.32 Å². The number of ether oxygens (including phenoxy) is 1. The number of nitrogens with one attached hydrogen (secondary N) is 1. The summed E-state index contributed by atoms with van der Waals surface area (Å²) in [7, 11) is 0. The second-order valence-corrected chi connectivity index (χ2v) is 5.36. The molecule has 0 aliphatic carbocycles. The fraction of sp³-hybridized carbons (Fsp3) is 0.188. The van der Waals surface area contributed by atoms with Crippen molar-refractivity contribution >= 4 is 17.2 Å². The lowest BCUT2D eigenvalue weighted by Crippen LogP contribution is -2.17. The SMILES string of the molecule is Cc1cc(C)n2nc(C(=O)Nc3ccc(OC(F)(F)F)cc3)cc2n1. The largest absolute Gasteiger partial charge is 0.573 e. The van der Waals surface area contributed by atoms with E-state index in [9.17, 15) is 18.0 Å². The fourth-order valence-corrected chi connectivity index (χ4v) is 2.33. The van der Waals surface area contributed by atoms with E-state index in [-0.39, 0.29) is 11.4 Å². The quantitative estimate of drug-likeness (QED) is 0.785. The number of amides is 1. The second kappa shape index (κ2) is 6.08. The molecule has 9 heteroatoms. The van der Waals surface area contributed by atoms with Crippen molar-refractivity contribution in [1.82, 2.24) is 14.6 Å². The van der Waals surface area contributed by atoms with Crippen LogP contribution in [0.4, 0.5) is 18.9 Å². The van der Waals surface area contributed by atoms with Crippen LogP contribution in [0.2, 0.25) is 0 Å². The van der Waals surface area contributed by atoms with E-state index in [1.165, 1.54) is 18.2 Å². The number of carbonyl (C=O) groups excluding carboxylic acids is 1. The zero-order chi connectivity index (χ0) is 18.2. The number of hydrogen-bond acceptors (Lipinski definition) is 4. The fourth-order valence-electron chi connectivity index (χ4n) is 2.33. The molecule has 3 rings (SSSR count). The Bertz CT molecular complexity index is 933. The summed E-state index contributed by atoms with van der Waals surface area (Å²) in [4.78, 5) is 16.6. The minimum Gasteiger partial charge on any atom is -0.406 e. The van der Waals surface area contributed by atoms with Crippen molar-refractivity contribution in [2.45, 2.75) is 20.2 Å². The highest BCUT2D eigenvalue weighted by atomic mass is 19.4. The molecule has 0 aliphatic rings. The number of nitrogens with zero attached hydrogens (tertiary/aromatic N) is 3. The first-order valence-corrected chi connectivity index (χ1v) is 7.22. The molecule has 0 bridgehead atoms. The molecule has 1 aromatic carbocycles. The van der Waals surface area contributed by atoms with Gasteiger partial charge in [0.25, 0.3) is 5.91 Å². The molecule has 0 atom stereocenters. The van der Waals surface area contributed by atoms with Gasteiger partial charge in [-0.1, -0.05) is 0 Å². The molecule has 2 heterocycles. The van der Waals surface area contributed by atoms with E-state index in [0.29, 0.717) is 11.3 Å². The van der Waals surface area contributed by atoms with E-state index < -0.39 is 12.3 Å². The van der Waals surface area contributed by atoms with Crippen molar-refractivity contribution in [3.8, 4) is 5.75 Å². The van der Waals surface area contributed by atoms with E-state index in [4.69, 9.17) is 0 Å². The van der Waals surface area contributed by atoms with Gasteiger partial charge in [0.05, 0.1) is 0 Å². The Labute approximate surface area is 140 Å². The van der Waals surface area contributed by atoms with Crippen LogP contribution in [0.5, 0.6) is 5.75 Å². The second-order valence-electron chi connectivity index (χ2n) is 5.36. The van der Waals surface area contributed by atoms with Crippen molar-refractivity contribution in [3.63, 3.8) is 0 Å². The first-order valence-electron chi connectivity index (χ1n) is 7.22. The molecular weight excluding hydrogens is 337 g/mol. The molecule has 6 nitrogen and oxygen atoms in total. The lowest BCUT2D eigenvalue weighted by atomic mass is 10.3. The van der Waals surface area contributed by atoms with Crippen LogP contribution in [0, 0.1) is 13.8 Å². The number of halogens is 3. The first kappa shape index (κ1) is 16.7. The van der Waals surface area contributed by atoms with Crippen LogP contribution in [-0.4, -0.2) is 26.9 Å². The third kappa shape index (κ3) is 3.87. The van der Waals surface area contributed by atoms with E-state index >= 15 is 0 Å². The highest BCUT2D eigenvalue weighted by Crippen LogP contribution is 2.24. The molecule has 0 saturated heterocycles. The van der Waals surface area contributed by atoms with E-state index in [2.05, 4.69) is 20.1 Å². The molecule has 3 aromatic rings. The Kier molecular flexibility index (Phi) is 4.07. The highest BCUT2D eigenvalue weighted by Gasteiger charge is 2.31. The molecule has 1 N–H and O–H groups in total. The van der Waals surface area contributed by atoms with Crippen molar-refractivity contribution in [3.05, 3.63) is 53.5 Å². The molecule has 1 amide bonds. The summed E-state index contributed by atoms with van der Waals surface area (Å²) < 4.78 is 41.7. The Morgan fingerprint density at radius 2 is 1.84 bits per heavy atom. The van der Waals surface area contributed by atoms with Gasteiger partial charge in [0, 0.05) is 23.1 Å². The summed E-state index contributed by atoms with van der Waals surface area (Å²) in [5.41, 5.74) is 2.64. The molecule has 0 spiro atoms. The van der Waals surface area contributed by atoms with Crippen LogP contribution >= 0.6 is 0 Å². The van der Waals surface area contributed by atoms with Crippen LogP contribution in [0.15, 0.2) is 36.4 Å². The number of aryl methyl sites for hydroxylation is 2. The van der Waals surface area contributed by atoms with Crippen molar-refractivity contribution in [2.24, 2.45) is 0 Å². The average molecular weight is 350 g/mol. The molecule has 0 aliphatic heterocycles.